The Morgan fingerprint density at radius 2 is 1.70 bits per heavy atom. The van der Waals surface area contributed by atoms with Crippen molar-refractivity contribution < 1.29 is 9.53 Å². The van der Waals surface area contributed by atoms with Crippen LogP contribution < -0.4 is 10.1 Å². The minimum atomic E-state index is -0.319. The van der Waals surface area contributed by atoms with Crippen molar-refractivity contribution in [3.63, 3.8) is 0 Å². The molecule has 0 unspecified atom stereocenters. The van der Waals surface area contributed by atoms with E-state index in [0.29, 0.717) is 21.5 Å². The third-order valence-corrected chi connectivity index (χ3v) is 4.70. The van der Waals surface area contributed by atoms with Gasteiger partial charge in [-0.25, -0.2) is 4.68 Å². The molecule has 0 saturated carbocycles. The zero-order valence-corrected chi connectivity index (χ0v) is 16.7. The van der Waals surface area contributed by atoms with Crippen LogP contribution >= 0.6 is 23.2 Å². The molecule has 3 rings (SSSR count). The number of ether oxygens (including phenoxy) is 1. The van der Waals surface area contributed by atoms with E-state index >= 15 is 0 Å². The lowest BCUT2D eigenvalue weighted by atomic mass is 10.2. The monoisotopic (exact) mass is 403 g/mol. The summed E-state index contributed by atoms with van der Waals surface area (Å²) in [7, 11) is 0. The van der Waals surface area contributed by atoms with Crippen molar-refractivity contribution in [1.29, 1.82) is 0 Å². The average Bonchev–Trinajstić information content (AvgIpc) is 2.90. The van der Waals surface area contributed by atoms with Gasteiger partial charge in [-0.2, -0.15) is 5.10 Å². The Morgan fingerprint density at radius 3 is 2.33 bits per heavy atom. The van der Waals surface area contributed by atoms with E-state index in [2.05, 4.69) is 10.4 Å². The van der Waals surface area contributed by atoms with Crippen molar-refractivity contribution in [2.24, 2.45) is 0 Å². The van der Waals surface area contributed by atoms with Gasteiger partial charge in [-0.3, -0.25) is 4.79 Å². The number of anilines is 1. The molecule has 2 aromatic carbocycles. The first-order chi connectivity index (χ1) is 12.9. The molecule has 0 aliphatic heterocycles. The first-order valence-electron chi connectivity index (χ1n) is 8.36. The van der Waals surface area contributed by atoms with E-state index in [-0.39, 0.29) is 12.5 Å². The number of benzene rings is 2. The Balaban J connectivity index is 1.74. The number of nitrogens with one attached hydrogen (secondary N) is 1. The molecule has 5 nitrogen and oxygen atoms in total. The molecule has 0 atom stereocenters. The standard InChI is InChI=1S/C20H19Cl2N3O2/c1-12-7-9-15(10-8-12)25-14(3)19(13(2)24-25)23-18(26)11-27-20-16(21)5-4-6-17(20)22/h4-10H,11H2,1-3H3,(H,23,26). The number of nitrogens with zero attached hydrogens (tertiary/aromatic N) is 2. The lowest BCUT2D eigenvalue weighted by Crippen LogP contribution is -2.21. The van der Waals surface area contributed by atoms with Crippen LogP contribution in [-0.4, -0.2) is 22.3 Å². The molecule has 0 aliphatic rings. The third-order valence-electron chi connectivity index (χ3n) is 4.10. The number of aromatic nitrogens is 2. The van der Waals surface area contributed by atoms with Gasteiger partial charge in [-0.05, 0) is 45.0 Å². The normalized spacial score (nSPS) is 10.7. The molecular formula is C20H19Cl2N3O2. The van der Waals surface area contributed by atoms with Gasteiger partial charge in [0, 0.05) is 0 Å². The number of aryl methyl sites for hydroxylation is 2. The van der Waals surface area contributed by atoms with Crippen molar-refractivity contribution in [3.8, 4) is 11.4 Å². The van der Waals surface area contributed by atoms with Gasteiger partial charge in [-0.1, -0.05) is 47.0 Å². The number of hydrogen-bond donors (Lipinski definition) is 1. The van der Waals surface area contributed by atoms with Crippen molar-refractivity contribution in [3.05, 3.63) is 69.5 Å². The summed E-state index contributed by atoms with van der Waals surface area (Å²) >= 11 is 12.1. The Morgan fingerprint density at radius 1 is 1.07 bits per heavy atom. The first kappa shape index (κ1) is 19.3. The third kappa shape index (κ3) is 4.26. The van der Waals surface area contributed by atoms with E-state index in [1.54, 1.807) is 22.9 Å². The summed E-state index contributed by atoms with van der Waals surface area (Å²) < 4.78 is 7.28. The number of hydrogen-bond acceptors (Lipinski definition) is 3. The number of rotatable bonds is 5. The quantitative estimate of drug-likeness (QED) is 0.642. The molecule has 1 heterocycles. The lowest BCUT2D eigenvalue weighted by molar-refractivity contribution is -0.118. The Bertz CT molecular complexity index is 961. The molecule has 0 spiro atoms. The number of carbonyl (C=O) groups is 1. The summed E-state index contributed by atoms with van der Waals surface area (Å²) in [5, 5.41) is 8.10. The van der Waals surface area contributed by atoms with Crippen LogP contribution in [0.2, 0.25) is 10.0 Å². The van der Waals surface area contributed by atoms with Crippen molar-refractivity contribution in [2.45, 2.75) is 20.8 Å². The summed E-state index contributed by atoms with van der Waals surface area (Å²) in [6, 6.07) is 13.0. The molecule has 3 aromatic rings. The van der Waals surface area contributed by atoms with Gasteiger partial charge in [0.1, 0.15) is 0 Å². The van der Waals surface area contributed by atoms with E-state index in [4.69, 9.17) is 27.9 Å². The molecule has 0 fully saturated rings. The fourth-order valence-electron chi connectivity index (χ4n) is 2.69. The largest absolute Gasteiger partial charge is 0.481 e. The van der Waals surface area contributed by atoms with Gasteiger partial charge in [0.25, 0.3) is 5.91 Å². The molecule has 1 amide bonds. The van der Waals surface area contributed by atoms with Crippen molar-refractivity contribution in [1.82, 2.24) is 9.78 Å². The fourth-order valence-corrected chi connectivity index (χ4v) is 3.20. The zero-order chi connectivity index (χ0) is 19.6. The average molecular weight is 404 g/mol. The summed E-state index contributed by atoms with van der Waals surface area (Å²) in [5.41, 5.74) is 4.32. The Hall–Kier alpha value is -2.50. The summed E-state index contributed by atoms with van der Waals surface area (Å²) in [6.07, 6.45) is 0. The molecule has 0 bridgehead atoms. The van der Waals surface area contributed by atoms with Gasteiger partial charge < -0.3 is 10.1 Å². The second kappa shape index (κ2) is 8.03. The molecule has 1 N–H and O–H groups in total. The maximum Gasteiger partial charge on any atom is 0.262 e. The Kier molecular flexibility index (Phi) is 5.73. The fraction of sp³-hybridized carbons (Fsp3) is 0.200. The molecular weight excluding hydrogens is 385 g/mol. The van der Waals surface area contributed by atoms with E-state index in [9.17, 15) is 4.79 Å². The topological polar surface area (TPSA) is 56.2 Å². The predicted molar refractivity (Wildman–Crippen MR) is 108 cm³/mol. The summed E-state index contributed by atoms with van der Waals surface area (Å²) in [5.74, 6) is -0.0274. The van der Waals surface area contributed by atoms with E-state index in [1.807, 2.05) is 45.0 Å². The number of para-hydroxylation sites is 1. The molecule has 140 valence electrons. The van der Waals surface area contributed by atoms with E-state index in [1.165, 1.54) is 5.56 Å². The van der Waals surface area contributed by atoms with Gasteiger partial charge in [0.05, 0.1) is 32.8 Å². The smallest absolute Gasteiger partial charge is 0.262 e. The maximum atomic E-state index is 12.3. The molecule has 1 aromatic heterocycles. The second-order valence-electron chi connectivity index (χ2n) is 6.18. The SMILES string of the molecule is Cc1ccc(-n2nc(C)c(NC(=O)COc3c(Cl)cccc3Cl)c2C)cc1. The van der Waals surface area contributed by atoms with Crippen LogP contribution in [0.4, 0.5) is 5.69 Å². The highest BCUT2D eigenvalue weighted by atomic mass is 35.5. The van der Waals surface area contributed by atoms with Crippen molar-refractivity contribution >= 4 is 34.8 Å². The van der Waals surface area contributed by atoms with Crippen LogP contribution in [0.25, 0.3) is 5.69 Å². The lowest BCUT2D eigenvalue weighted by Gasteiger charge is -2.10. The van der Waals surface area contributed by atoms with Gasteiger partial charge in [0.2, 0.25) is 0 Å². The first-order valence-corrected chi connectivity index (χ1v) is 9.12. The number of carbonyl (C=O) groups excluding carboxylic acids is 1. The maximum absolute atomic E-state index is 12.3. The van der Waals surface area contributed by atoms with E-state index in [0.717, 1.165) is 17.1 Å². The molecule has 0 saturated heterocycles. The molecule has 0 aliphatic carbocycles. The number of amides is 1. The predicted octanol–water partition coefficient (Wildman–Crippen LogP) is 5.12. The minimum Gasteiger partial charge on any atom is -0.481 e. The molecule has 27 heavy (non-hydrogen) atoms. The summed E-state index contributed by atoms with van der Waals surface area (Å²) in [6.45, 7) is 5.57. The van der Waals surface area contributed by atoms with Crippen LogP contribution in [0.15, 0.2) is 42.5 Å². The van der Waals surface area contributed by atoms with Crippen LogP contribution in [0.3, 0.4) is 0 Å². The van der Waals surface area contributed by atoms with Crippen LogP contribution in [0.1, 0.15) is 17.0 Å². The van der Waals surface area contributed by atoms with Crippen LogP contribution in [0, 0.1) is 20.8 Å². The summed E-state index contributed by atoms with van der Waals surface area (Å²) in [4.78, 5) is 12.3. The highest BCUT2D eigenvalue weighted by molar-refractivity contribution is 6.37. The van der Waals surface area contributed by atoms with Crippen LogP contribution in [-0.2, 0) is 4.79 Å². The van der Waals surface area contributed by atoms with E-state index < -0.39 is 0 Å². The highest BCUT2D eigenvalue weighted by Crippen LogP contribution is 2.32. The molecule has 7 heteroatoms. The van der Waals surface area contributed by atoms with Crippen molar-refractivity contribution in [2.75, 3.05) is 11.9 Å². The van der Waals surface area contributed by atoms with Crippen LogP contribution in [0.5, 0.6) is 5.75 Å². The van der Waals surface area contributed by atoms with Gasteiger partial charge in [0.15, 0.2) is 12.4 Å². The van der Waals surface area contributed by atoms with Gasteiger partial charge >= 0.3 is 0 Å². The number of halogens is 2. The zero-order valence-electron chi connectivity index (χ0n) is 15.2. The van der Waals surface area contributed by atoms with Gasteiger partial charge in [-0.15, -0.1) is 0 Å². The Labute approximate surface area is 167 Å². The second-order valence-corrected chi connectivity index (χ2v) is 7.00. The highest BCUT2D eigenvalue weighted by Gasteiger charge is 2.16. The molecule has 0 radical (unpaired) electrons. The minimum absolute atomic E-state index is 0.210.